The van der Waals surface area contributed by atoms with E-state index in [-0.39, 0.29) is 24.5 Å². The van der Waals surface area contributed by atoms with Crippen molar-refractivity contribution in [2.75, 3.05) is 6.54 Å². The first-order chi connectivity index (χ1) is 9.93. The van der Waals surface area contributed by atoms with Crippen molar-refractivity contribution >= 4 is 23.5 Å². The first-order valence-corrected chi connectivity index (χ1v) is 7.40. The van der Waals surface area contributed by atoms with Gasteiger partial charge in [0.05, 0.1) is 6.54 Å². The van der Waals surface area contributed by atoms with E-state index in [4.69, 9.17) is 11.6 Å². The van der Waals surface area contributed by atoms with Crippen molar-refractivity contribution < 1.29 is 9.59 Å². The maximum atomic E-state index is 11.7. The topological polar surface area (TPSA) is 70.2 Å². The summed E-state index contributed by atoms with van der Waals surface area (Å²) in [5.74, 6) is -0.380. The van der Waals surface area contributed by atoms with Crippen molar-refractivity contribution in [2.45, 2.75) is 39.3 Å². The van der Waals surface area contributed by atoms with Crippen LogP contribution in [-0.4, -0.2) is 24.5 Å². The highest BCUT2D eigenvalue weighted by atomic mass is 35.5. The Labute approximate surface area is 130 Å². The van der Waals surface area contributed by atoms with Crippen molar-refractivity contribution in [2.24, 2.45) is 0 Å². The van der Waals surface area contributed by atoms with Gasteiger partial charge >= 0.3 is 6.03 Å². The van der Waals surface area contributed by atoms with Crippen molar-refractivity contribution in [1.29, 1.82) is 0 Å². The number of rotatable bonds is 6. The lowest BCUT2D eigenvalue weighted by Gasteiger charge is -2.16. The summed E-state index contributed by atoms with van der Waals surface area (Å²) >= 11 is 6.09. The van der Waals surface area contributed by atoms with Gasteiger partial charge in [-0.25, -0.2) is 4.79 Å². The molecular weight excluding hydrogens is 290 g/mol. The Balaban J connectivity index is 2.39. The van der Waals surface area contributed by atoms with Crippen LogP contribution in [0.25, 0.3) is 0 Å². The zero-order chi connectivity index (χ0) is 15.8. The predicted molar refractivity (Wildman–Crippen MR) is 84.3 cm³/mol. The molecule has 0 aliphatic carbocycles. The second kappa shape index (κ2) is 8.64. The van der Waals surface area contributed by atoms with Crippen LogP contribution in [0.4, 0.5) is 4.79 Å². The molecule has 3 amide bonds. The predicted octanol–water partition coefficient (Wildman–Crippen LogP) is 2.61. The van der Waals surface area contributed by atoms with Crippen molar-refractivity contribution in [3.63, 3.8) is 0 Å². The molecule has 0 spiro atoms. The van der Waals surface area contributed by atoms with E-state index in [2.05, 4.69) is 16.0 Å². The Morgan fingerprint density at radius 3 is 2.52 bits per heavy atom. The molecule has 1 rings (SSSR count). The van der Waals surface area contributed by atoms with Gasteiger partial charge in [0.1, 0.15) is 0 Å². The van der Waals surface area contributed by atoms with Gasteiger partial charge < -0.3 is 10.6 Å². The quantitative estimate of drug-likeness (QED) is 0.756. The molecule has 116 valence electrons. The van der Waals surface area contributed by atoms with E-state index in [1.807, 2.05) is 39.0 Å². The average molecular weight is 312 g/mol. The van der Waals surface area contributed by atoms with Crippen LogP contribution in [0.2, 0.25) is 5.02 Å². The van der Waals surface area contributed by atoms with Crippen LogP contribution in [0.5, 0.6) is 0 Å². The van der Waals surface area contributed by atoms with Gasteiger partial charge in [0.2, 0.25) is 5.91 Å². The monoisotopic (exact) mass is 311 g/mol. The van der Waals surface area contributed by atoms with Gasteiger partial charge in [-0.2, -0.15) is 0 Å². The molecule has 1 aromatic carbocycles. The number of hydrogen-bond donors (Lipinski definition) is 3. The molecule has 0 aliphatic rings. The summed E-state index contributed by atoms with van der Waals surface area (Å²) in [5.41, 5.74) is 0.913. The maximum Gasteiger partial charge on any atom is 0.321 e. The fourth-order valence-corrected chi connectivity index (χ4v) is 2.01. The Morgan fingerprint density at radius 2 is 1.90 bits per heavy atom. The summed E-state index contributed by atoms with van der Waals surface area (Å²) in [6.07, 6.45) is 0.809. The zero-order valence-electron chi connectivity index (χ0n) is 12.6. The number of urea groups is 1. The summed E-state index contributed by atoms with van der Waals surface area (Å²) in [4.78, 5) is 23.2. The molecule has 0 bridgehead atoms. The molecule has 2 atom stereocenters. The van der Waals surface area contributed by atoms with E-state index in [0.29, 0.717) is 5.02 Å². The van der Waals surface area contributed by atoms with Crippen LogP contribution >= 0.6 is 11.6 Å². The van der Waals surface area contributed by atoms with E-state index >= 15 is 0 Å². The molecule has 0 fully saturated rings. The van der Waals surface area contributed by atoms with Crippen molar-refractivity contribution in [3.8, 4) is 0 Å². The van der Waals surface area contributed by atoms with Crippen molar-refractivity contribution in [1.82, 2.24) is 16.0 Å². The third-order valence-electron chi connectivity index (χ3n) is 3.18. The summed E-state index contributed by atoms with van der Waals surface area (Å²) < 4.78 is 0. The highest BCUT2D eigenvalue weighted by Crippen LogP contribution is 2.21. The second-order valence-electron chi connectivity index (χ2n) is 4.96. The first-order valence-electron chi connectivity index (χ1n) is 7.02. The fraction of sp³-hybridized carbons (Fsp3) is 0.467. The molecule has 3 N–H and O–H groups in total. The normalized spacial score (nSPS) is 13.3. The average Bonchev–Trinajstić information content (AvgIpc) is 2.44. The Morgan fingerprint density at radius 1 is 1.24 bits per heavy atom. The van der Waals surface area contributed by atoms with Gasteiger partial charge in [0, 0.05) is 17.1 Å². The van der Waals surface area contributed by atoms with Gasteiger partial charge in [-0.15, -0.1) is 0 Å². The summed E-state index contributed by atoms with van der Waals surface area (Å²) in [5, 5.41) is 8.63. The molecule has 0 saturated heterocycles. The van der Waals surface area contributed by atoms with E-state index in [9.17, 15) is 9.59 Å². The minimum Gasteiger partial charge on any atom is -0.335 e. The number of nitrogens with one attached hydrogen (secondary N) is 3. The van der Waals surface area contributed by atoms with Gasteiger partial charge in [0.25, 0.3) is 0 Å². The number of carbonyl (C=O) groups excluding carboxylic acids is 2. The van der Waals surface area contributed by atoms with Crippen LogP contribution in [-0.2, 0) is 4.79 Å². The van der Waals surface area contributed by atoms with Crippen LogP contribution in [0.1, 0.15) is 38.8 Å². The minimum absolute atomic E-state index is 0.0350. The first kappa shape index (κ1) is 17.5. The SMILES string of the molecule is CC[C@H](C)NC(=O)NC(=O)CN[C@@H](C)c1ccccc1Cl. The molecule has 5 nitrogen and oxygen atoms in total. The van der Waals surface area contributed by atoms with E-state index in [1.165, 1.54) is 0 Å². The Hall–Kier alpha value is -1.59. The third-order valence-corrected chi connectivity index (χ3v) is 3.53. The number of carbonyl (C=O) groups is 2. The lowest BCUT2D eigenvalue weighted by atomic mass is 10.1. The minimum atomic E-state index is -0.471. The van der Waals surface area contributed by atoms with Crippen LogP contribution in [0.3, 0.4) is 0 Å². The Kier molecular flexibility index (Phi) is 7.19. The summed E-state index contributed by atoms with van der Waals surface area (Å²) in [6, 6.07) is 6.92. The van der Waals surface area contributed by atoms with Crippen molar-refractivity contribution in [3.05, 3.63) is 34.9 Å². The second-order valence-corrected chi connectivity index (χ2v) is 5.36. The largest absolute Gasteiger partial charge is 0.335 e. The summed E-state index contributed by atoms with van der Waals surface area (Å²) in [6.45, 7) is 5.79. The molecule has 0 heterocycles. The molecular formula is C15H22ClN3O2. The van der Waals surface area contributed by atoms with E-state index < -0.39 is 6.03 Å². The smallest absolute Gasteiger partial charge is 0.321 e. The number of benzene rings is 1. The lowest BCUT2D eigenvalue weighted by Crippen LogP contribution is -2.46. The molecule has 21 heavy (non-hydrogen) atoms. The standard InChI is InChI=1S/C15H22ClN3O2/c1-4-10(2)18-15(21)19-14(20)9-17-11(3)12-7-5-6-8-13(12)16/h5-8,10-11,17H,4,9H2,1-3H3,(H2,18,19,20,21)/t10-,11-/m0/s1. The van der Waals surface area contributed by atoms with E-state index in [1.54, 1.807) is 6.07 Å². The van der Waals surface area contributed by atoms with Gasteiger partial charge in [-0.3, -0.25) is 10.1 Å². The molecule has 0 saturated carbocycles. The third kappa shape index (κ3) is 6.14. The van der Waals surface area contributed by atoms with Crippen LogP contribution < -0.4 is 16.0 Å². The number of amides is 3. The molecule has 6 heteroatoms. The van der Waals surface area contributed by atoms with E-state index in [0.717, 1.165) is 12.0 Å². The number of imide groups is 1. The highest BCUT2D eigenvalue weighted by Gasteiger charge is 2.13. The van der Waals surface area contributed by atoms with Crippen LogP contribution in [0, 0.1) is 0 Å². The summed E-state index contributed by atoms with van der Waals surface area (Å²) in [7, 11) is 0. The molecule has 0 aliphatic heterocycles. The van der Waals surface area contributed by atoms with Gasteiger partial charge in [-0.1, -0.05) is 36.7 Å². The van der Waals surface area contributed by atoms with Gasteiger partial charge in [0.15, 0.2) is 0 Å². The molecule has 1 aromatic rings. The molecule has 0 unspecified atom stereocenters. The highest BCUT2D eigenvalue weighted by molar-refractivity contribution is 6.31. The number of hydrogen-bond acceptors (Lipinski definition) is 3. The maximum absolute atomic E-state index is 11.7. The Bertz CT molecular complexity index is 494. The van der Waals surface area contributed by atoms with Gasteiger partial charge in [-0.05, 0) is 31.9 Å². The number of halogens is 1. The lowest BCUT2D eigenvalue weighted by molar-refractivity contribution is -0.119. The molecule has 0 aromatic heterocycles. The molecule has 0 radical (unpaired) electrons. The fourth-order valence-electron chi connectivity index (χ4n) is 1.71. The van der Waals surface area contributed by atoms with Crippen LogP contribution in [0.15, 0.2) is 24.3 Å². The zero-order valence-corrected chi connectivity index (χ0v) is 13.3.